The van der Waals surface area contributed by atoms with E-state index in [1.807, 2.05) is 41.3 Å². The molecule has 1 saturated heterocycles. The molecule has 1 amide bonds. The van der Waals surface area contributed by atoms with Crippen molar-refractivity contribution in [1.29, 1.82) is 0 Å². The molecule has 1 N–H and O–H groups in total. The van der Waals surface area contributed by atoms with Gasteiger partial charge in [-0.05, 0) is 23.8 Å². The summed E-state index contributed by atoms with van der Waals surface area (Å²) in [5.74, 6) is -0.137. The minimum absolute atomic E-state index is 0.120. The highest BCUT2D eigenvalue weighted by Crippen LogP contribution is 2.36. The summed E-state index contributed by atoms with van der Waals surface area (Å²) >= 11 is 1.35. The van der Waals surface area contributed by atoms with Crippen LogP contribution in [0, 0.1) is 5.82 Å². The number of fused-ring (bicyclic) bond motifs is 1. The number of benzene rings is 3. The number of para-hydroxylation sites is 1. The number of hydrogen-bond donors (Lipinski definition) is 1. The molecule has 6 heteroatoms. The lowest BCUT2D eigenvalue weighted by Gasteiger charge is -2.35. The number of hydrogen-bond acceptors (Lipinski definition) is 3. The third-order valence-corrected chi connectivity index (χ3v) is 7.23. The highest BCUT2D eigenvalue weighted by atomic mass is 32.2. The zero-order chi connectivity index (χ0) is 22.6. The van der Waals surface area contributed by atoms with E-state index in [4.69, 9.17) is 0 Å². The van der Waals surface area contributed by atoms with E-state index in [1.54, 1.807) is 12.1 Å². The molecule has 0 bridgehead atoms. The van der Waals surface area contributed by atoms with Crippen molar-refractivity contribution in [1.82, 2.24) is 14.8 Å². The average molecular weight is 460 g/mol. The number of rotatable bonds is 6. The molecule has 0 aliphatic carbocycles. The van der Waals surface area contributed by atoms with Gasteiger partial charge in [0.05, 0.1) is 11.4 Å². The number of piperazine rings is 1. The largest absolute Gasteiger partial charge is 0.349 e. The Morgan fingerprint density at radius 1 is 0.879 bits per heavy atom. The second kappa shape index (κ2) is 9.81. The monoisotopic (exact) mass is 459 g/mol. The fraction of sp³-hybridized carbons (Fsp3) is 0.222. The maximum atomic E-state index is 14.3. The van der Waals surface area contributed by atoms with Crippen LogP contribution in [0.2, 0.25) is 0 Å². The van der Waals surface area contributed by atoms with Gasteiger partial charge in [0.25, 0.3) is 0 Å². The van der Waals surface area contributed by atoms with Gasteiger partial charge in [0, 0.05) is 54.1 Å². The Hall–Kier alpha value is -3.09. The van der Waals surface area contributed by atoms with Gasteiger partial charge < -0.3 is 9.88 Å². The second-order valence-corrected chi connectivity index (χ2v) is 9.38. The molecule has 4 aromatic rings. The number of H-pyrrole nitrogens is 1. The van der Waals surface area contributed by atoms with Crippen molar-refractivity contribution in [3.63, 3.8) is 0 Å². The van der Waals surface area contributed by atoms with Gasteiger partial charge in [-0.15, -0.1) is 0 Å². The van der Waals surface area contributed by atoms with E-state index in [2.05, 4.69) is 34.1 Å². The van der Waals surface area contributed by atoms with Gasteiger partial charge in [-0.3, -0.25) is 9.69 Å². The van der Waals surface area contributed by atoms with Crippen molar-refractivity contribution in [2.24, 2.45) is 0 Å². The maximum absolute atomic E-state index is 14.3. The Morgan fingerprint density at radius 3 is 2.36 bits per heavy atom. The molecule has 0 saturated carbocycles. The lowest BCUT2D eigenvalue weighted by atomic mass is 10.1. The summed E-state index contributed by atoms with van der Waals surface area (Å²) in [6, 6.07) is 25.2. The fourth-order valence-corrected chi connectivity index (χ4v) is 5.33. The highest BCUT2D eigenvalue weighted by Gasteiger charge is 2.24. The van der Waals surface area contributed by atoms with E-state index < -0.39 is 0 Å². The number of carbonyl (C=O) groups is 1. The molecule has 0 spiro atoms. The van der Waals surface area contributed by atoms with Gasteiger partial charge in [0.2, 0.25) is 5.91 Å². The Kier molecular flexibility index (Phi) is 6.46. The zero-order valence-electron chi connectivity index (χ0n) is 18.3. The van der Waals surface area contributed by atoms with Crippen LogP contribution in [0.3, 0.4) is 0 Å². The summed E-state index contributed by atoms with van der Waals surface area (Å²) in [6.45, 7) is 4.10. The van der Waals surface area contributed by atoms with E-state index in [0.29, 0.717) is 11.3 Å². The van der Waals surface area contributed by atoms with Gasteiger partial charge in [-0.1, -0.05) is 72.4 Å². The minimum Gasteiger partial charge on any atom is -0.349 e. The molecule has 3 aromatic carbocycles. The van der Waals surface area contributed by atoms with Gasteiger partial charge in [-0.25, -0.2) is 4.39 Å². The Bertz CT molecular complexity index is 1250. The number of amides is 1. The maximum Gasteiger partial charge on any atom is 0.227 e. The van der Waals surface area contributed by atoms with Gasteiger partial charge in [0.15, 0.2) is 0 Å². The molecular formula is C27H26FN3OS. The normalized spacial score (nSPS) is 14.6. The average Bonchev–Trinajstić information content (AvgIpc) is 3.18. The van der Waals surface area contributed by atoms with Crippen LogP contribution in [-0.4, -0.2) is 46.9 Å². The molecule has 1 aliphatic heterocycles. The molecule has 168 valence electrons. The van der Waals surface area contributed by atoms with E-state index in [0.717, 1.165) is 54.2 Å². The topological polar surface area (TPSA) is 39.3 Å². The standard InChI is InChI=1S/C27H26FN3OS/c28-23-11-5-7-13-25(23)33-27-22(21-10-4-6-12-24(21)29-27)18-26(32)31-16-14-30(15-17-31)19-20-8-2-1-3-9-20/h1-13,29H,14-19H2. The smallest absolute Gasteiger partial charge is 0.227 e. The first-order chi connectivity index (χ1) is 16.2. The van der Waals surface area contributed by atoms with Crippen LogP contribution in [-0.2, 0) is 17.8 Å². The molecule has 5 rings (SSSR count). The second-order valence-electron chi connectivity index (χ2n) is 8.33. The molecule has 1 aromatic heterocycles. The SMILES string of the molecule is O=C(Cc1c(Sc2ccccc2F)[nH]c2ccccc12)N1CCN(Cc2ccccc2)CC1. The van der Waals surface area contributed by atoms with Gasteiger partial charge >= 0.3 is 0 Å². The molecule has 0 radical (unpaired) electrons. The van der Waals surface area contributed by atoms with Crippen LogP contribution in [0.5, 0.6) is 0 Å². The summed E-state index contributed by atoms with van der Waals surface area (Å²) in [7, 11) is 0. The molecular weight excluding hydrogens is 433 g/mol. The Morgan fingerprint density at radius 2 is 1.58 bits per heavy atom. The highest BCUT2D eigenvalue weighted by molar-refractivity contribution is 7.99. The summed E-state index contributed by atoms with van der Waals surface area (Å²) in [5.41, 5.74) is 3.20. The number of halogens is 1. The van der Waals surface area contributed by atoms with Crippen LogP contribution < -0.4 is 0 Å². The first kappa shape index (κ1) is 21.7. The van der Waals surface area contributed by atoms with Crippen LogP contribution in [0.15, 0.2) is 88.8 Å². The molecule has 2 heterocycles. The van der Waals surface area contributed by atoms with Crippen molar-refractivity contribution < 1.29 is 9.18 Å². The van der Waals surface area contributed by atoms with Crippen LogP contribution in [0.25, 0.3) is 10.9 Å². The lowest BCUT2D eigenvalue weighted by molar-refractivity contribution is -0.132. The molecule has 1 fully saturated rings. The minimum atomic E-state index is -0.257. The van der Waals surface area contributed by atoms with Crippen molar-refractivity contribution in [3.05, 3.63) is 95.8 Å². The van der Waals surface area contributed by atoms with Crippen LogP contribution in [0.4, 0.5) is 4.39 Å². The zero-order valence-corrected chi connectivity index (χ0v) is 19.2. The number of aromatic nitrogens is 1. The van der Waals surface area contributed by atoms with E-state index in [9.17, 15) is 9.18 Å². The molecule has 1 aliphatic rings. The van der Waals surface area contributed by atoms with Crippen molar-refractivity contribution in [3.8, 4) is 0 Å². The third-order valence-electron chi connectivity index (χ3n) is 6.13. The van der Waals surface area contributed by atoms with Gasteiger partial charge in [-0.2, -0.15) is 0 Å². The predicted octanol–water partition coefficient (Wildman–Crippen LogP) is 5.35. The predicted molar refractivity (Wildman–Crippen MR) is 131 cm³/mol. The summed E-state index contributed by atoms with van der Waals surface area (Å²) in [6.07, 6.45) is 0.305. The van der Waals surface area contributed by atoms with E-state index >= 15 is 0 Å². The quantitative estimate of drug-likeness (QED) is 0.423. The van der Waals surface area contributed by atoms with E-state index in [-0.39, 0.29) is 11.7 Å². The lowest BCUT2D eigenvalue weighted by Crippen LogP contribution is -2.48. The Labute approximate surface area is 197 Å². The van der Waals surface area contributed by atoms with Crippen molar-refractivity contribution in [2.45, 2.75) is 22.9 Å². The van der Waals surface area contributed by atoms with Crippen molar-refractivity contribution >= 4 is 28.6 Å². The molecule has 33 heavy (non-hydrogen) atoms. The summed E-state index contributed by atoms with van der Waals surface area (Å²) < 4.78 is 14.3. The van der Waals surface area contributed by atoms with Gasteiger partial charge in [0.1, 0.15) is 5.82 Å². The summed E-state index contributed by atoms with van der Waals surface area (Å²) in [4.78, 5) is 21.6. The molecule has 4 nitrogen and oxygen atoms in total. The molecule has 0 unspecified atom stereocenters. The first-order valence-corrected chi connectivity index (χ1v) is 12.0. The number of carbonyl (C=O) groups excluding carboxylic acids is 1. The number of aromatic amines is 1. The van der Waals surface area contributed by atoms with Crippen LogP contribution in [0.1, 0.15) is 11.1 Å². The number of nitrogens with zero attached hydrogens (tertiary/aromatic N) is 2. The van der Waals surface area contributed by atoms with E-state index in [1.165, 1.54) is 23.4 Å². The van der Waals surface area contributed by atoms with Crippen LogP contribution >= 0.6 is 11.8 Å². The first-order valence-electron chi connectivity index (χ1n) is 11.2. The number of nitrogens with one attached hydrogen (secondary N) is 1. The third kappa shape index (κ3) is 4.97. The van der Waals surface area contributed by atoms with Crippen molar-refractivity contribution in [2.75, 3.05) is 26.2 Å². The fourth-order valence-electron chi connectivity index (χ4n) is 4.34. The molecule has 0 atom stereocenters. The Balaban J connectivity index is 1.30. The summed E-state index contributed by atoms with van der Waals surface area (Å²) in [5, 5.41) is 1.85.